The first kappa shape index (κ1) is 53.6. The molecule has 0 bridgehead atoms. The number of rotatable bonds is 6. The van der Waals surface area contributed by atoms with Crippen LogP contribution in [0.1, 0.15) is 90.4 Å². The maximum atomic E-state index is 10.8. The molecule has 0 atom stereocenters. The van der Waals surface area contributed by atoms with Gasteiger partial charge >= 0.3 is 0 Å². The Bertz CT molecular complexity index is 3290. The number of nitrogen functional groups attached to an aromatic ring is 1. The summed E-state index contributed by atoms with van der Waals surface area (Å²) in [4.78, 5) is 43.7. The van der Waals surface area contributed by atoms with E-state index in [0.717, 1.165) is 145 Å². The third-order valence-electron chi connectivity index (χ3n) is 12.4. The number of nitrogens with zero attached hydrogens (tertiary/aromatic N) is 16. The second kappa shape index (κ2) is 25.1. The SMILES string of the molecule is CC(=O)c1cnc(Cl)nc1Cl.Cc1cc2ncnn2cc1N.Cc1cc2ncnn2cc1Nc1ncc2c(C)nn(C3CCOCC3)c2n1.Cc1nn(C2CCOCC2)c2nc(Cl)ncc12.NNC1CCOCC1. The summed E-state index contributed by atoms with van der Waals surface area (Å²) < 4.78 is 23.3. The van der Waals surface area contributed by atoms with Gasteiger partial charge in [0.1, 0.15) is 17.8 Å². The molecule has 74 heavy (non-hydrogen) atoms. The smallest absolute Gasteiger partial charge is 0.229 e. The van der Waals surface area contributed by atoms with Gasteiger partial charge in [-0.25, -0.2) is 48.3 Å². The van der Waals surface area contributed by atoms with E-state index in [1.54, 1.807) is 21.4 Å². The lowest BCUT2D eigenvalue weighted by atomic mass is 10.1. The van der Waals surface area contributed by atoms with Crippen LogP contribution in [-0.4, -0.2) is 130 Å². The fraction of sp³-hybridized carbons (Fsp3) is 0.426. The first-order valence-electron chi connectivity index (χ1n) is 23.9. The van der Waals surface area contributed by atoms with Crippen LogP contribution in [0.2, 0.25) is 15.7 Å². The molecule has 3 aliphatic heterocycles. The second-order valence-corrected chi connectivity index (χ2v) is 18.6. The monoisotopic (exact) mass is 1070 g/mol. The Labute approximate surface area is 439 Å². The lowest BCUT2D eigenvalue weighted by Gasteiger charge is -2.22. The molecule has 24 nitrogen and oxygen atoms in total. The van der Waals surface area contributed by atoms with E-state index in [1.165, 1.54) is 25.8 Å². The number of ketones is 1. The van der Waals surface area contributed by atoms with Crippen LogP contribution in [0.15, 0.2) is 55.8 Å². The van der Waals surface area contributed by atoms with Crippen molar-refractivity contribution in [2.24, 2.45) is 5.84 Å². The molecule has 12 heterocycles. The van der Waals surface area contributed by atoms with Crippen molar-refractivity contribution in [2.45, 2.75) is 91.3 Å². The topological polar surface area (TPSA) is 294 Å². The number of nitrogens with one attached hydrogen (secondary N) is 2. The number of carbonyl (C=O) groups excluding carboxylic acids is 1. The molecule has 0 saturated carbocycles. The number of fused-ring (bicyclic) bond motifs is 4. The number of nitrogens with two attached hydrogens (primary N) is 2. The highest BCUT2D eigenvalue weighted by Gasteiger charge is 2.23. The van der Waals surface area contributed by atoms with E-state index in [0.29, 0.717) is 24.1 Å². The summed E-state index contributed by atoms with van der Waals surface area (Å²) in [6, 6.07) is 5.03. The van der Waals surface area contributed by atoms with Gasteiger partial charge in [-0.15, -0.1) is 0 Å². The number of anilines is 3. The zero-order valence-corrected chi connectivity index (χ0v) is 43.8. The summed E-state index contributed by atoms with van der Waals surface area (Å²) >= 11 is 16.8. The summed E-state index contributed by atoms with van der Waals surface area (Å²) in [7, 11) is 0. The van der Waals surface area contributed by atoms with Gasteiger partial charge < -0.3 is 25.3 Å². The van der Waals surface area contributed by atoms with Crippen LogP contribution >= 0.6 is 34.8 Å². The highest BCUT2D eigenvalue weighted by molar-refractivity contribution is 6.34. The zero-order valence-electron chi connectivity index (χ0n) is 41.5. The molecule has 3 saturated heterocycles. The highest BCUT2D eigenvalue weighted by atomic mass is 35.5. The largest absolute Gasteiger partial charge is 0.397 e. The predicted octanol–water partition coefficient (Wildman–Crippen LogP) is 6.96. The summed E-state index contributed by atoms with van der Waals surface area (Å²) in [6.07, 6.45) is 17.5. The molecule has 0 radical (unpaired) electrons. The first-order valence-corrected chi connectivity index (χ1v) is 25.0. The van der Waals surface area contributed by atoms with Gasteiger partial charge in [-0.05, 0) is 120 Å². The number of Topliss-reactive ketones (excluding diaryl/α,β-unsaturated/α-hetero) is 1. The molecule has 27 heteroatoms. The molecule has 0 unspecified atom stereocenters. The fourth-order valence-electron chi connectivity index (χ4n) is 8.16. The van der Waals surface area contributed by atoms with Crippen LogP contribution in [0.25, 0.3) is 33.4 Å². The first-order chi connectivity index (χ1) is 35.8. The summed E-state index contributed by atoms with van der Waals surface area (Å²) in [5.41, 5.74) is 17.6. The standard InChI is InChI=1S/C18H20N8O.C11H13ClN4O.C7H8N4.C6H4Cl2N2O.C5H12N2O/c1-11-7-16-20-10-21-25(16)9-15(11)22-18-19-8-14-12(2)24-26(17(14)23-18)13-3-5-27-6-4-13;1-7-9-6-13-11(12)14-10(9)16(15-7)8-2-4-17-5-3-8;1-5-2-7-9-4-10-11(7)3-6(5)8;1-3(11)4-2-9-6(8)10-5(4)7;6-7-5-1-3-8-4-2-5/h7-10,13H,3-6H2,1-2H3,(H,19,22,23);6,8H,2-5H2,1H3;2-4H,8H2,1H3;2H,1H3;5,7H,1-4,6H2. The van der Waals surface area contributed by atoms with Gasteiger partial charge in [-0.2, -0.15) is 30.4 Å². The van der Waals surface area contributed by atoms with E-state index in [1.807, 2.05) is 61.6 Å². The quantitative estimate of drug-likeness (QED) is 0.0430. The Morgan fingerprint density at radius 2 is 1.15 bits per heavy atom. The van der Waals surface area contributed by atoms with Gasteiger partial charge in [0.05, 0.1) is 63.6 Å². The number of halogens is 3. The van der Waals surface area contributed by atoms with Gasteiger partial charge in [0.25, 0.3) is 0 Å². The van der Waals surface area contributed by atoms with Crippen LogP contribution < -0.4 is 22.3 Å². The third-order valence-corrected chi connectivity index (χ3v) is 13.0. The zero-order chi connectivity index (χ0) is 52.3. The van der Waals surface area contributed by atoms with E-state index in [-0.39, 0.29) is 27.1 Å². The summed E-state index contributed by atoms with van der Waals surface area (Å²) in [6.45, 7) is 14.1. The van der Waals surface area contributed by atoms with Gasteiger partial charge in [0.2, 0.25) is 16.5 Å². The lowest BCUT2D eigenvalue weighted by molar-refractivity contribution is 0.0671. The average molecular weight is 1070 g/mol. The molecule has 390 valence electrons. The fourth-order valence-corrected chi connectivity index (χ4v) is 8.73. The average Bonchev–Trinajstić information content (AvgIpc) is 4.21. The second-order valence-electron chi connectivity index (χ2n) is 17.5. The van der Waals surface area contributed by atoms with Crippen molar-refractivity contribution in [2.75, 3.05) is 50.7 Å². The summed E-state index contributed by atoms with van der Waals surface area (Å²) in [5.74, 6) is 5.56. The van der Waals surface area contributed by atoms with E-state index in [2.05, 4.69) is 60.9 Å². The minimum atomic E-state index is -0.174. The van der Waals surface area contributed by atoms with Crippen molar-refractivity contribution in [3.8, 4) is 0 Å². The molecule has 0 aliphatic carbocycles. The van der Waals surface area contributed by atoms with E-state index < -0.39 is 0 Å². The van der Waals surface area contributed by atoms with Crippen LogP contribution in [0.3, 0.4) is 0 Å². The van der Waals surface area contributed by atoms with Crippen molar-refractivity contribution >= 4 is 91.3 Å². The van der Waals surface area contributed by atoms with Gasteiger partial charge in [0.15, 0.2) is 28.4 Å². The highest BCUT2D eigenvalue weighted by Crippen LogP contribution is 2.29. The van der Waals surface area contributed by atoms with E-state index in [4.69, 9.17) is 70.7 Å². The molecule has 0 spiro atoms. The number of carbonyl (C=O) groups is 1. The molecule has 0 aromatic carbocycles. The van der Waals surface area contributed by atoms with Gasteiger partial charge in [0, 0.05) is 64.3 Å². The number of ether oxygens (including phenoxy) is 3. The third kappa shape index (κ3) is 13.4. The number of pyridine rings is 2. The predicted molar refractivity (Wildman–Crippen MR) is 280 cm³/mol. The molecule has 9 aromatic heterocycles. The maximum Gasteiger partial charge on any atom is 0.229 e. The van der Waals surface area contributed by atoms with Crippen LogP contribution in [0, 0.1) is 27.7 Å². The van der Waals surface area contributed by atoms with E-state index in [9.17, 15) is 4.79 Å². The normalized spacial score (nSPS) is 15.4. The lowest BCUT2D eigenvalue weighted by Crippen LogP contribution is -2.39. The van der Waals surface area contributed by atoms with Crippen molar-refractivity contribution < 1.29 is 19.0 Å². The molecule has 12 rings (SSSR count). The molecule has 0 amide bonds. The summed E-state index contributed by atoms with van der Waals surface area (Å²) in [5, 5.41) is 23.1. The van der Waals surface area contributed by atoms with Crippen LogP contribution in [0.5, 0.6) is 0 Å². The minimum absolute atomic E-state index is 0.0417. The Hall–Kier alpha value is -6.64. The van der Waals surface area contributed by atoms with Crippen molar-refractivity contribution in [3.05, 3.63) is 99.6 Å². The number of hydrogen-bond donors (Lipinski definition) is 4. The van der Waals surface area contributed by atoms with Crippen molar-refractivity contribution in [1.29, 1.82) is 0 Å². The van der Waals surface area contributed by atoms with Crippen molar-refractivity contribution in [3.63, 3.8) is 0 Å². The van der Waals surface area contributed by atoms with E-state index >= 15 is 0 Å². The molecular weight excluding hydrogens is 1020 g/mol. The molecular formula is C47H57Cl3N20O4. The maximum absolute atomic E-state index is 10.8. The van der Waals surface area contributed by atoms with Crippen LogP contribution in [-0.2, 0) is 14.2 Å². The Morgan fingerprint density at radius 1 is 0.649 bits per heavy atom. The Balaban J connectivity index is 0.000000133. The molecule has 9 aromatic rings. The molecule has 3 fully saturated rings. The Morgan fingerprint density at radius 3 is 1.69 bits per heavy atom. The number of aromatic nitrogens is 16. The van der Waals surface area contributed by atoms with Crippen LogP contribution in [0.4, 0.5) is 17.3 Å². The Kier molecular flexibility index (Phi) is 18.2. The van der Waals surface area contributed by atoms with Gasteiger partial charge in [-0.3, -0.25) is 16.1 Å². The minimum Gasteiger partial charge on any atom is -0.397 e. The van der Waals surface area contributed by atoms with Gasteiger partial charge in [-0.1, -0.05) is 11.6 Å². The number of hydrazine groups is 1. The van der Waals surface area contributed by atoms with Crippen molar-refractivity contribution in [1.82, 2.24) is 84.1 Å². The molecule has 6 N–H and O–H groups in total. The number of hydrogen-bond acceptors (Lipinski definition) is 20. The number of aryl methyl sites for hydroxylation is 4. The molecule has 3 aliphatic rings.